The number of benzene rings is 1. The van der Waals surface area contributed by atoms with Gasteiger partial charge in [-0.05, 0) is 52.3 Å². The van der Waals surface area contributed by atoms with Crippen LogP contribution in [-0.2, 0) is 0 Å². The third-order valence-electron chi connectivity index (χ3n) is 5.29. The van der Waals surface area contributed by atoms with Gasteiger partial charge >= 0.3 is 0 Å². The zero-order valence-electron chi connectivity index (χ0n) is 15.8. The number of hydrogen-bond acceptors (Lipinski definition) is 3. The Bertz CT molecular complexity index is 558. The Kier molecular flexibility index (Phi) is 6.69. The molecule has 0 unspecified atom stereocenters. The van der Waals surface area contributed by atoms with E-state index in [-0.39, 0.29) is 5.78 Å². The molecule has 0 saturated heterocycles. The van der Waals surface area contributed by atoms with Crippen LogP contribution < -0.4 is 9.47 Å². The van der Waals surface area contributed by atoms with Gasteiger partial charge in [0, 0.05) is 12.8 Å². The van der Waals surface area contributed by atoms with Gasteiger partial charge in [0.15, 0.2) is 17.3 Å². The van der Waals surface area contributed by atoms with Crippen LogP contribution in [0.15, 0.2) is 18.2 Å². The summed E-state index contributed by atoms with van der Waals surface area (Å²) in [4.78, 5) is 13.0. The van der Waals surface area contributed by atoms with Gasteiger partial charge in [-0.15, -0.1) is 0 Å². The molecule has 2 rings (SSSR count). The average Bonchev–Trinajstić information content (AvgIpc) is 2.57. The van der Waals surface area contributed by atoms with E-state index in [1.54, 1.807) is 0 Å². The standard InChI is InChI=1S/C20H32O3P/c1-6-7-12-24(15(2)3,16(4)5)14-18(21)17-8-9-19-20(13-17)23-11-10-22-19/h8-9,13,15-16H,6-7,10-12,14H2,1-5H3/q+1. The van der Waals surface area contributed by atoms with Crippen LogP contribution in [0.4, 0.5) is 0 Å². The monoisotopic (exact) mass is 351 g/mol. The van der Waals surface area contributed by atoms with E-state index < -0.39 is 7.26 Å². The molecule has 1 aliphatic rings. The van der Waals surface area contributed by atoms with Gasteiger partial charge in [0.05, 0.1) is 17.5 Å². The number of carbonyl (C=O) groups is 1. The van der Waals surface area contributed by atoms with E-state index in [9.17, 15) is 4.79 Å². The summed E-state index contributed by atoms with van der Waals surface area (Å²) in [6.07, 6.45) is 4.34. The Labute approximate surface area is 147 Å². The van der Waals surface area contributed by atoms with E-state index in [1.807, 2.05) is 18.2 Å². The second-order valence-corrected chi connectivity index (χ2v) is 12.3. The van der Waals surface area contributed by atoms with Gasteiger partial charge in [0.2, 0.25) is 0 Å². The lowest BCUT2D eigenvalue weighted by Crippen LogP contribution is -2.26. The lowest BCUT2D eigenvalue weighted by atomic mass is 10.1. The number of Topliss-reactive ketones (excluding diaryl/α,β-unsaturated/α-hetero) is 1. The van der Waals surface area contributed by atoms with Gasteiger partial charge in [-0.2, -0.15) is 0 Å². The number of unbranched alkanes of at least 4 members (excludes halogenated alkanes) is 1. The van der Waals surface area contributed by atoms with Crippen molar-refractivity contribution in [3.05, 3.63) is 23.8 Å². The van der Waals surface area contributed by atoms with Gasteiger partial charge in [0.25, 0.3) is 0 Å². The maximum Gasteiger partial charge on any atom is 0.199 e. The number of carbonyl (C=O) groups excluding carboxylic acids is 1. The van der Waals surface area contributed by atoms with Crippen molar-refractivity contribution in [1.29, 1.82) is 0 Å². The molecular formula is C20H32O3P+. The second kappa shape index (κ2) is 8.34. The van der Waals surface area contributed by atoms with Crippen LogP contribution in [0, 0.1) is 0 Å². The largest absolute Gasteiger partial charge is 0.486 e. The summed E-state index contributed by atoms with van der Waals surface area (Å²) in [5.74, 6) is 1.72. The number of ketones is 1. The Morgan fingerprint density at radius 3 is 2.29 bits per heavy atom. The van der Waals surface area contributed by atoms with Crippen LogP contribution in [0.5, 0.6) is 11.5 Å². The molecule has 1 aromatic rings. The average molecular weight is 351 g/mol. The molecule has 0 atom stereocenters. The van der Waals surface area contributed by atoms with E-state index in [0.717, 1.165) is 11.3 Å². The minimum atomic E-state index is -1.33. The summed E-state index contributed by atoms with van der Waals surface area (Å²) in [6.45, 7) is 12.6. The first-order valence-corrected chi connectivity index (χ1v) is 11.5. The van der Waals surface area contributed by atoms with Crippen LogP contribution in [0.25, 0.3) is 0 Å². The molecule has 3 nitrogen and oxygen atoms in total. The molecule has 0 bridgehead atoms. The van der Waals surface area contributed by atoms with Gasteiger partial charge in [-0.1, -0.05) is 13.3 Å². The molecule has 0 aromatic heterocycles. The van der Waals surface area contributed by atoms with Crippen molar-refractivity contribution in [2.24, 2.45) is 0 Å². The second-order valence-electron chi connectivity index (χ2n) is 7.31. The van der Waals surface area contributed by atoms with Gasteiger partial charge in [0.1, 0.15) is 19.4 Å². The lowest BCUT2D eigenvalue weighted by molar-refractivity contribution is 0.101. The molecule has 0 fully saturated rings. The van der Waals surface area contributed by atoms with E-state index in [0.29, 0.717) is 36.4 Å². The molecule has 0 spiro atoms. The molecular weight excluding hydrogens is 319 g/mol. The summed E-state index contributed by atoms with van der Waals surface area (Å²) >= 11 is 0. The van der Waals surface area contributed by atoms with Crippen molar-refractivity contribution >= 4 is 13.0 Å². The molecule has 1 heterocycles. The minimum absolute atomic E-state index is 0.263. The predicted molar refractivity (Wildman–Crippen MR) is 104 cm³/mol. The Morgan fingerprint density at radius 1 is 1.08 bits per heavy atom. The summed E-state index contributed by atoms with van der Waals surface area (Å²) in [6, 6.07) is 5.63. The smallest absolute Gasteiger partial charge is 0.199 e. The zero-order chi connectivity index (χ0) is 17.7. The van der Waals surface area contributed by atoms with Crippen molar-refractivity contribution in [3.8, 4) is 11.5 Å². The van der Waals surface area contributed by atoms with Crippen molar-refractivity contribution in [3.63, 3.8) is 0 Å². The van der Waals surface area contributed by atoms with Crippen molar-refractivity contribution in [2.45, 2.75) is 58.8 Å². The topological polar surface area (TPSA) is 35.5 Å². The first kappa shape index (κ1) is 19.2. The number of hydrogen-bond donors (Lipinski definition) is 0. The molecule has 0 N–H and O–H groups in total. The van der Waals surface area contributed by atoms with E-state index in [2.05, 4.69) is 34.6 Å². The fourth-order valence-electron chi connectivity index (χ4n) is 3.58. The third-order valence-corrected chi connectivity index (χ3v) is 11.4. The minimum Gasteiger partial charge on any atom is -0.486 e. The molecule has 134 valence electrons. The van der Waals surface area contributed by atoms with Crippen LogP contribution in [0.3, 0.4) is 0 Å². The highest BCUT2D eigenvalue weighted by atomic mass is 31.2. The molecule has 0 saturated carbocycles. The van der Waals surface area contributed by atoms with Crippen molar-refractivity contribution < 1.29 is 14.3 Å². The summed E-state index contributed by atoms with van der Waals surface area (Å²) in [5, 5.41) is 0. The quantitative estimate of drug-likeness (QED) is 0.472. The summed E-state index contributed by atoms with van der Waals surface area (Å²) in [5.41, 5.74) is 1.94. The van der Waals surface area contributed by atoms with Gasteiger partial charge in [-0.3, -0.25) is 4.79 Å². The molecule has 0 amide bonds. The van der Waals surface area contributed by atoms with E-state index in [1.165, 1.54) is 19.0 Å². The predicted octanol–water partition coefficient (Wildman–Crippen LogP) is 5.28. The van der Waals surface area contributed by atoms with Gasteiger partial charge in [-0.25, -0.2) is 0 Å². The lowest BCUT2D eigenvalue weighted by Gasteiger charge is -2.34. The van der Waals surface area contributed by atoms with Crippen molar-refractivity contribution in [1.82, 2.24) is 0 Å². The van der Waals surface area contributed by atoms with Crippen molar-refractivity contribution in [2.75, 3.05) is 25.5 Å². The molecule has 1 aromatic carbocycles. The first-order chi connectivity index (χ1) is 11.4. The first-order valence-electron chi connectivity index (χ1n) is 9.20. The Balaban J connectivity index is 2.23. The maximum atomic E-state index is 13.0. The Hall–Kier alpha value is -1.08. The number of rotatable bonds is 8. The summed E-state index contributed by atoms with van der Waals surface area (Å²) < 4.78 is 11.2. The molecule has 24 heavy (non-hydrogen) atoms. The molecule has 0 aliphatic carbocycles. The van der Waals surface area contributed by atoms with E-state index >= 15 is 0 Å². The van der Waals surface area contributed by atoms with Crippen LogP contribution in [0.1, 0.15) is 57.8 Å². The highest BCUT2D eigenvalue weighted by Gasteiger charge is 2.45. The fraction of sp³-hybridized carbons (Fsp3) is 0.650. The van der Waals surface area contributed by atoms with Gasteiger partial charge < -0.3 is 9.47 Å². The highest BCUT2D eigenvalue weighted by Crippen LogP contribution is 2.67. The SMILES string of the molecule is CCCC[P+](CC(=O)c1ccc2c(c1)OCCO2)(C(C)C)C(C)C. The van der Waals surface area contributed by atoms with Crippen LogP contribution in [0.2, 0.25) is 0 Å². The highest BCUT2D eigenvalue weighted by molar-refractivity contribution is 7.77. The fourth-order valence-corrected chi connectivity index (χ4v) is 8.32. The number of fused-ring (bicyclic) bond motifs is 1. The zero-order valence-corrected chi connectivity index (χ0v) is 16.7. The molecule has 0 radical (unpaired) electrons. The molecule has 4 heteroatoms. The van der Waals surface area contributed by atoms with Crippen LogP contribution >= 0.6 is 7.26 Å². The molecule has 1 aliphatic heterocycles. The number of ether oxygens (including phenoxy) is 2. The maximum absolute atomic E-state index is 13.0. The normalized spacial score (nSPS) is 14.3. The third kappa shape index (κ3) is 4.11. The van der Waals surface area contributed by atoms with Crippen LogP contribution in [-0.4, -0.2) is 42.6 Å². The summed E-state index contributed by atoms with van der Waals surface area (Å²) in [7, 11) is -1.33. The Morgan fingerprint density at radius 2 is 1.71 bits per heavy atom. The van der Waals surface area contributed by atoms with E-state index in [4.69, 9.17) is 9.47 Å².